The van der Waals surface area contributed by atoms with Gasteiger partial charge in [-0.2, -0.15) is 0 Å². The SMILES string of the molecule is C/N=C\C(=N\C)NC. The Kier molecular flexibility index (Phi) is 3.84. The highest BCUT2D eigenvalue weighted by molar-refractivity contribution is 6.29. The van der Waals surface area contributed by atoms with Crippen LogP contribution >= 0.6 is 0 Å². The molecule has 0 rings (SSSR count). The molecule has 0 aliphatic rings. The molecule has 46 valence electrons. The minimum absolute atomic E-state index is 0.799. The molecule has 0 spiro atoms. The van der Waals surface area contributed by atoms with Crippen molar-refractivity contribution in [1.29, 1.82) is 0 Å². The topological polar surface area (TPSA) is 36.8 Å². The van der Waals surface area contributed by atoms with Crippen LogP contribution in [0.1, 0.15) is 0 Å². The lowest BCUT2D eigenvalue weighted by Gasteiger charge is -1.92. The Hall–Kier alpha value is -0.860. The zero-order valence-electron chi connectivity index (χ0n) is 5.47. The standard InChI is InChI=1S/C5H11N3/c1-6-4-5(7-2)8-3/h4H,1-3H3,(H,7,8)/b6-4-. The van der Waals surface area contributed by atoms with Crippen molar-refractivity contribution in [2.24, 2.45) is 9.98 Å². The van der Waals surface area contributed by atoms with Crippen molar-refractivity contribution in [1.82, 2.24) is 5.32 Å². The molecule has 8 heavy (non-hydrogen) atoms. The minimum Gasteiger partial charge on any atom is -0.372 e. The molecule has 0 amide bonds. The first-order valence-electron chi connectivity index (χ1n) is 2.41. The maximum absolute atomic E-state index is 3.85. The van der Waals surface area contributed by atoms with Crippen LogP contribution in [0.5, 0.6) is 0 Å². The highest BCUT2D eigenvalue weighted by Crippen LogP contribution is 1.62. The molecular weight excluding hydrogens is 102 g/mol. The molecule has 0 aromatic heterocycles. The van der Waals surface area contributed by atoms with E-state index in [9.17, 15) is 0 Å². The van der Waals surface area contributed by atoms with Crippen LogP contribution in [0.15, 0.2) is 9.98 Å². The maximum Gasteiger partial charge on any atom is 0.138 e. The lowest BCUT2D eigenvalue weighted by atomic mass is 10.6. The Morgan fingerprint density at radius 1 is 1.50 bits per heavy atom. The Bertz CT molecular complexity index is 101. The second-order valence-corrected chi connectivity index (χ2v) is 1.25. The van der Waals surface area contributed by atoms with Gasteiger partial charge in [0.05, 0.1) is 6.21 Å². The van der Waals surface area contributed by atoms with Gasteiger partial charge in [0.25, 0.3) is 0 Å². The van der Waals surface area contributed by atoms with Gasteiger partial charge in [-0.3, -0.25) is 9.98 Å². The highest BCUT2D eigenvalue weighted by atomic mass is 15.0. The maximum atomic E-state index is 3.85. The number of amidine groups is 1. The molecule has 0 aromatic rings. The molecule has 1 N–H and O–H groups in total. The van der Waals surface area contributed by atoms with Crippen LogP contribution in [-0.2, 0) is 0 Å². The molecule has 3 heteroatoms. The van der Waals surface area contributed by atoms with Crippen molar-refractivity contribution in [3.05, 3.63) is 0 Å². The van der Waals surface area contributed by atoms with Crippen LogP contribution < -0.4 is 5.32 Å². The van der Waals surface area contributed by atoms with Crippen molar-refractivity contribution < 1.29 is 0 Å². The second kappa shape index (κ2) is 4.30. The summed E-state index contributed by atoms with van der Waals surface area (Å²) in [5.74, 6) is 0.799. The van der Waals surface area contributed by atoms with Crippen molar-refractivity contribution in [3.8, 4) is 0 Å². The van der Waals surface area contributed by atoms with Crippen LogP contribution in [0.25, 0.3) is 0 Å². The third-order valence-corrected chi connectivity index (χ3v) is 0.748. The van der Waals surface area contributed by atoms with E-state index in [1.807, 2.05) is 7.05 Å². The van der Waals surface area contributed by atoms with Crippen LogP contribution in [0.4, 0.5) is 0 Å². The van der Waals surface area contributed by atoms with E-state index in [0.29, 0.717) is 0 Å². The summed E-state index contributed by atoms with van der Waals surface area (Å²) >= 11 is 0. The quantitative estimate of drug-likeness (QED) is 0.375. The summed E-state index contributed by atoms with van der Waals surface area (Å²) < 4.78 is 0. The Morgan fingerprint density at radius 3 is 2.25 bits per heavy atom. The minimum atomic E-state index is 0.799. The molecule has 3 nitrogen and oxygen atoms in total. The van der Waals surface area contributed by atoms with Gasteiger partial charge in [0.1, 0.15) is 5.84 Å². The van der Waals surface area contributed by atoms with Gasteiger partial charge < -0.3 is 5.32 Å². The molecule has 0 atom stereocenters. The van der Waals surface area contributed by atoms with Crippen molar-refractivity contribution >= 4 is 12.1 Å². The third kappa shape index (κ3) is 2.34. The highest BCUT2D eigenvalue weighted by Gasteiger charge is 1.80. The summed E-state index contributed by atoms with van der Waals surface area (Å²) in [6.45, 7) is 0. The predicted octanol–water partition coefficient (Wildman–Crippen LogP) is -0.0653. The van der Waals surface area contributed by atoms with Crippen LogP contribution in [0.3, 0.4) is 0 Å². The van der Waals surface area contributed by atoms with E-state index in [0.717, 1.165) is 5.84 Å². The number of nitrogens with one attached hydrogen (secondary N) is 1. The monoisotopic (exact) mass is 113 g/mol. The average Bonchev–Trinajstić information content (AvgIpc) is 1.83. The second-order valence-electron chi connectivity index (χ2n) is 1.25. The number of hydrogen-bond acceptors (Lipinski definition) is 2. The summed E-state index contributed by atoms with van der Waals surface area (Å²) in [7, 11) is 5.24. The number of rotatable bonds is 1. The number of nitrogens with zero attached hydrogens (tertiary/aromatic N) is 2. The predicted molar refractivity (Wildman–Crippen MR) is 36.8 cm³/mol. The van der Waals surface area contributed by atoms with Crippen molar-refractivity contribution in [2.75, 3.05) is 21.1 Å². The first kappa shape index (κ1) is 7.14. The van der Waals surface area contributed by atoms with Gasteiger partial charge in [-0.1, -0.05) is 0 Å². The van der Waals surface area contributed by atoms with E-state index in [-0.39, 0.29) is 0 Å². The average molecular weight is 113 g/mol. The lowest BCUT2D eigenvalue weighted by Crippen LogP contribution is -2.18. The first-order chi connectivity index (χ1) is 3.85. The molecule has 0 bridgehead atoms. The zero-order valence-corrected chi connectivity index (χ0v) is 5.47. The van der Waals surface area contributed by atoms with E-state index in [2.05, 4.69) is 15.3 Å². The largest absolute Gasteiger partial charge is 0.372 e. The number of aliphatic imine (C=N–C) groups is 2. The van der Waals surface area contributed by atoms with E-state index in [1.165, 1.54) is 0 Å². The van der Waals surface area contributed by atoms with Gasteiger partial charge in [0.2, 0.25) is 0 Å². The summed E-state index contributed by atoms with van der Waals surface area (Å²) in [4.78, 5) is 7.61. The van der Waals surface area contributed by atoms with Gasteiger partial charge >= 0.3 is 0 Å². The summed E-state index contributed by atoms with van der Waals surface area (Å²) in [5.41, 5.74) is 0. The Balaban J connectivity index is 3.72. The van der Waals surface area contributed by atoms with E-state index in [1.54, 1.807) is 20.3 Å². The molecule has 0 aliphatic carbocycles. The van der Waals surface area contributed by atoms with Gasteiger partial charge in [0.15, 0.2) is 0 Å². The molecule has 0 unspecified atom stereocenters. The molecule has 0 radical (unpaired) electrons. The van der Waals surface area contributed by atoms with E-state index < -0.39 is 0 Å². The molecule has 0 aliphatic heterocycles. The molecule has 0 saturated heterocycles. The van der Waals surface area contributed by atoms with Gasteiger partial charge in [0, 0.05) is 21.1 Å². The Morgan fingerprint density at radius 2 is 2.12 bits per heavy atom. The molecule has 0 heterocycles. The number of hydrogen-bond donors (Lipinski definition) is 1. The van der Waals surface area contributed by atoms with Gasteiger partial charge in [-0.25, -0.2) is 0 Å². The van der Waals surface area contributed by atoms with Crippen LogP contribution in [0.2, 0.25) is 0 Å². The molecule has 0 aromatic carbocycles. The van der Waals surface area contributed by atoms with E-state index in [4.69, 9.17) is 0 Å². The third-order valence-electron chi connectivity index (χ3n) is 0.748. The van der Waals surface area contributed by atoms with Crippen molar-refractivity contribution in [3.63, 3.8) is 0 Å². The normalized spacial score (nSPS) is 12.6. The summed E-state index contributed by atoms with van der Waals surface area (Å²) in [5, 5.41) is 2.85. The fourth-order valence-electron chi connectivity index (χ4n) is 0.356. The zero-order chi connectivity index (χ0) is 6.41. The van der Waals surface area contributed by atoms with Crippen molar-refractivity contribution in [2.45, 2.75) is 0 Å². The fourth-order valence-corrected chi connectivity index (χ4v) is 0.356. The Labute approximate surface area is 49.5 Å². The van der Waals surface area contributed by atoms with Gasteiger partial charge in [-0.15, -0.1) is 0 Å². The smallest absolute Gasteiger partial charge is 0.138 e. The molecule has 0 fully saturated rings. The van der Waals surface area contributed by atoms with Crippen LogP contribution in [-0.4, -0.2) is 33.2 Å². The van der Waals surface area contributed by atoms with Crippen LogP contribution in [0, 0.1) is 0 Å². The molecule has 0 saturated carbocycles. The molecular formula is C5H11N3. The summed E-state index contributed by atoms with van der Waals surface area (Å²) in [6, 6.07) is 0. The fraction of sp³-hybridized carbons (Fsp3) is 0.600. The summed E-state index contributed by atoms with van der Waals surface area (Å²) in [6.07, 6.45) is 1.67. The lowest BCUT2D eigenvalue weighted by molar-refractivity contribution is 1.17. The van der Waals surface area contributed by atoms with Gasteiger partial charge in [-0.05, 0) is 0 Å². The first-order valence-corrected chi connectivity index (χ1v) is 2.41. The van der Waals surface area contributed by atoms with E-state index >= 15 is 0 Å².